The van der Waals surface area contributed by atoms with Gasteiger partial charge >= 0.3 is 15.2 Å². The van der Waals surface area contributed by atoms with Crippen LogP contribution in [0.1, 0.15) is 19.8 Å². The molecule has 0 aromatic rings. The Morgan fingerprint density at radius 3 is 1.74 bits per heavy atom. The molecule has 0 bridgehead atoms. The highest BCUT2D eigenvalue weighted by Gasteiger charge is 2.22. The molecule has 0 aliphatic carbocycles. The summed E-state index contributed by atoms with van der Waals surface area (Å²) in [5, 5.41) is 2.44. The minimum atomic E-state index is -4.22. The van der Waals surface area contributed by atoms with Gasteiger partial charge in [0.25, 0.3) is 0 Å². The van der Waals surface area contributed by atoms with Gasteiger partial charge in [0.05, 0.1) is 12.3 Å². The van der Waals surface area contributed by atoms with Gasteiger partial charge < -0.3 is 24.9 Å². The highest BCUT2D eigenvalue weighted by molar-refractivity contribution is 7.52. The first-order chi connectivity index (χ1) is 8.41. The SMILES string of the molecule is C=C(C)C(=O)NC(CCP(=O)(O)O)CCP(=O)(O)O. The molecule has 0 saturated heterocycles. The van der Waals surface area contributed by atoms with Crippen LogP contribution in [0.25, 0.3) is 0 Å². The van der Waals surface area contributed by atoms with Crippen LogP contribution in [0.15, 0.2) is 12.2 Å². The fourth-order valence-electron chi connectivity index (χ4n) is 1.25. The molecule has 112 valence electrons. The van der Waals surface area contributed by atoms with Crippen LogP contribution in [-0.2, 0) is 13.9 Å². The van der Waals surface area contributed by atoms with Crippen molar-refractivity contribution in [3.63, 3.8) is 0 Å². The Hall–Kier alpha value is -0.490. The third-order valence-corrected chi connectivity index (χ3v) is 3.94. The molecule has 10 heteroatoms. The van der Waals surface area contributed by atoms with E-state index in [4.69, 9.17) is 19.6 Å². The molecule has 0 radical (unpaired) electrons. The lowest BCUT2D eigenvalue weighted by Gasteiger charge is -2.19. The Kier molecular flexibility index (Phi) is 7.15. The Labute approximate surface area is 111 Å². The van der Waals surface area contributed by atoms with Crippen molar-refractivity contribution in [2.24, 2.45) is 0 Å². The molecule has 0 fully saturated rings. The highest BCUT2D eigenvalue weighted by Crippen LogP contribution is 2.38. The summed E-state index contributed by atoms with van der Waals surface area (Å²) in [4.78, 5) is 46.5. The van der Waals surface area contributed by atoms with Crippen LogP contribution in [0.2, 0.25) is 0 Å². The van der Waals surface area contributed by atoms with E-state index in [0.29, 0.717) is 0 Å². The van der Waals surface area contributed by atoms with Gasteiger partial charge in [-0.05, 0) is 19.8 Å². The maximum absolute atomic E-state index is 11.4. The minimum Gasteiger partial charge on any atom is -0.350 e. The Morgan fingerprint density at radius 1 is 1.11 bits per heavy atom. The van der Waals surface area contributed by atoms with Crippen LogP contribution in [0.5, 0.6) is 0 Å². The lowest BCUT2D eigenvalue weighted by Crippen LogP contribution is -2.36. The molecule has 0 aliphatic heterocycles. The van der Waals surface area contributed by atoms with E-state index in [2.05, 4.69) is 11.9 Å². The molecule has 0 aromatic heterocycles. The van der Waals surface area contributed by atoms with Crippen LogP contribution in [-0.4, -0.2) is 43.8 Å². The van der Waals surface area contributed by atoms with Crippen molar-refractivity contribution in [2.75, 3.05) is 12.3 Å². The summed E-state index contributed by atoms with van der Waals surface area (Å²) in [5.41, 5.74) is 0.206. The second-order valence-electron chi connectivity index (χ2n) is 4.30. The molecule has 0 atom stereocenters. The number of rotatable bonds is 8. The molecular weight excluding hydrogens is 296 g/mol. The van der Waals surface area contributed by atoms with E-state index in [-0.39, 0.29) is 18.4 Å². The van der Waals surface area contributed by atoms with Crippen LogP contribution < -0.4 is 5.32 Å². The summed E-state index contributed by atoms with van der Waals surface area (Å²) in [6.07, 6.45) is -1.06. The number of nitrogens with one attached hydrogen (secondary N) is 1. The normalized spacial score (nSPS) is 12.5. The van der Waals surface area contributed by atoms with Crippen LogP contribution >= 0.6 is 15.2 Å². The van der Waals surface area contributed by atoms with Crippen molar-refractivity contribution in [1.82, 2.24) is 5.32 Å². The first-order valence-electron chi connectivity index (χ1n) is 5.46. The number of carbonyl (C=O) groups excluding carboxylic acids is 1. The first-order valence-corrected chi connectivity index (χ1v) is 9.06. The van der Waals surface area contributed by atoms with E-state index in [1.54, 1.807) is 0 Å². The Balaban J connectivity index is 4.55. The summed E-state index contributed by atoms with van der Waals surface area (Å²) >= 11 is 0. The predicted molar refractivity (Wildman–Crippen MR) is 69.8 cm³/mol. The zero-order valence-electron chi connectivity index (χ0n) is 10.5. The van der Waals surface area contributed by atoms with Gasteiger partial charge in [-0.25, -0.2) is 0 Å². The van der Waals surface area contributed by atoms with Gasteiger partial charge in [-0.3, -0.25) is 13.9 Å². The molecule has 0 aliphatic rings. The fourth-order valence-corrected chi connectivity index (χ4v) is 2.54. The molecule has 0 unspecified atom stereocenters. The standard InChI is InChI=1S/C9H19NO7P2/c1-7(2)9(11)10-8(3-5-18(12,13)14)4-6-19(15,16)17/h8H,1,3-6H2,2H3,(H,10,11)(H2,12,13,14)(H2,15,16,17). The molecular formula is C9H19NO7P2. The number of amides is 1. The van der Waals surface area contributed by atoms with Crippen molar-refractivity contribution < 1.29 is 33.5 Å². The van der Waals surface area contributed by atoms with Crippen molar-refractivity contribution in [1.29, 1.82) is 0 Å². The quantitative estimate of drug-likeness (QED) is 0.317. The van der Waals surface area contributed by atoms with Crippen LogP contribution in [0.3, 0.4) is 0 Å². The smallest absolute Gasteiger partial charge is 0.325 e. The number of hydrogen-bond donors (Lipinski definition) is 5. The van der Waals surface area contributed by atoms with Crippen LogP contribution in [0.4, 0.5) is 0 Å². The van der Waals surface area contributed by atoms with Gasteiger partial charge in [0.1, 0.15) is 0 Å². The molecule has 0 aromatic carbocycles. The third-order valence-electron chi connectivity index (χ3n) is 2.26. The van der Waals surface area contributed by atoms with E-state index in [9.17, 15) is 13.9 Å². The Bertz CT molecular complexity index is 398. The highest BCUT2D eigenvalue weighted by atomic mass is 31.2. The summed E-state index contributed by atoms with van der Waals surface area (Å²) in [6, 6.07) is -0.718. The van der Waals surface area contributed by atoms with E-state index in [1.165, 1.54) is 6.92 Å². The zero-order valence-corrected chi connectivity index (χ0v) is 12.3. The molecule has 0 saturated carbocycles. The van der Waals surface area contributed by atoms with Gasteiger partial charge in [-0.2, -0.15) is 0 Å². The van der Waals surface area contributed by atoms with Crippen LogP contribution in [0, 0.1) is 0 Å². The molecule has 0 spiro atoms. The fraction of sp³-hybridized carbons (Fsp3) is 0.667. The summed E-state index contributed by atoms with van der Waals surface area (Å²) < 4.78 is 21.5. The van der Waals surface area contributed by atoms with E-state index < -0.39 is 39.5 Å². The van der Waals surface area contributed by atoms with Crippen molar-refractivity contribution in [3.05, 3.63) is 12.2 Å². The van der Waals surface area contributed by atoms with Gasteiger partial charge in [-0.15, -0.1) is 0 Å². The predicted octanol–water partition coefficient (Wildman–Crippen LogP) is 0.183. The molecule has 19 heavy (non-hydrogen) atoms. The maximum atomic E-state index is 11.4. The van der Waals surface area contributed by atoms with Gasteiger partial charge in [0, 0.05) is 11.6 Å². The van der Waals surface area contributed by atoms with Crippen molar-refractivity contribution in [2.45, 2.75) is 25.8 Å². The molecule has 1 amide bonds. The van der Waals surface area contributed by atoms with Gasteiger partial charge in [-0.1, -0.05) is 6.58 Å². The third kappa shape index (κ3) is 11.1. The molecule has 5 N–H and O–H groups in total. The molecule has 0 rings (SSSR count). The lowest BCUT2D eigenvalue weighted by molar-refractivity contribution is -0.118. The average molecular weight is 315 g/mol. The summed E-state index contributed by atoms with van der Waals surface area (Å²) in [6.45, 7) is 4.86. The maximum Gasteiger partial charge on any atom is 0.325 e. The second-order valence-corrected chi connectivity index (χ2v) is 7.86. The topological polar surface area (TPSA) is 144 Å². The number of hydrogen-bond acceptors (Lipinski definition) is 3. The first kappa shape index (κ1) is 18.5. The van der Waals surface area contributed by atoms with Crippen molar-refractivity contribution in [3.8, 4) is 0 Å². The monoisotopic (exact) mass is 315 g/mol. The summed E-state index contributed by atoms with van der Waals surface area (Å²) in [7, 11) is -8.44. The largest absolute Gasteiger partial charge is 0.350 e. The minimum absolute atomic E-state index is 0.0662. The zero-order chi connectivity index (χ0) is 15.3. The van der Waals surface area contributed by atoms with E-state index in [1.807, 2.05) is 0 Å². The summed E-state index contributed by atoms with van der Waals surface area (Å²) in [5.74, 6) is -0.513. The van der Waals surface area contributed by atoms with Crippen molar-refractivity contribution >= 4 is 21.1 Å². The van der Waals surface area contributed by atoms with Gasteiger partial charge in [0.2, 0.25) is 5.91 Å². The van der Waals surface area contributed by atoms with Gasteiger partial charge in [0.15, 0.2) is 0 Å². The second kappa shape index (κ2) is 7.33. The average Bonchev–Trinajstić information content (AvgIpc) is 2.19. The lowest BCUT2D eigenvalue weighted by atomic mass is 10.1. The Morgan fingerprint density at radius 2 is 1.47 bits per heavy atom. The number of carbonyl (C=O) groups is 1. The van der Waals surface area contributed by atoms with E-state index in [0.717, 1.165) is 0 Å². The molecule has 0 heterocycles. The van der Waals surface area contributed by atoms with E-state index >= 15 is 0 Å². The molecule has 8 nitrogen and oxygen atoms in total.